The molecule has 0 radical (unpaired) electrons. The summed E-state index contributed by atoms with van der Waals surface area (Å²) in [4.78, 5) is 28.1. The number of para-hydroxylation sites is 1. The van der Waals surface area contributed by atoms with Gasteiger partial charge in [-0.2, -0.15) is 0 Å². The van der Waals surface area contributed by atoms with Gasteiger partial charge in [0.25, 0.3) is 0 Å². The van der Waals surface area contributed by atoms with E-state index < -0.39 is 0 Å². The smallest absolute Gasteiger partial charge is 0.337 e. The van der Waals surface area contributed by atoms with Crippen LogP contribution >= 0.6 is 0 Å². The second-order valence-electron chi connectivity index (χ2n) is 6.32. The number of hydrogen-bond donors (Lipinski definition) is 0. The predicted molar refractivity (Wildman–Crippen MR) is 103 cm³/mol. The molecule has 142 valence electrons. The average molecular weight is 368 g/mol. The number of nitrogens with zero attached hydrogens (tertiary/aromatic N) is 2. The highest BCUT2D eigenvalue weighted by molar-refractivity contribution is 5.90. The van der Waals surface area contributed by atoms with E-state index in [4.69, 9.17) is 9.47 Å². The molecule has 0 aliphatic carbocycles. The Morgan fingerprint density at radius 2 is 1.70 bits per heavy atom. The van der Waals surface area contributed by atoms with Gasteiger partial charge in [-0.15, -0.1) is 0 Å². The zero-order valence-corrected chi connectivity index (χ0v) is 15.5. The Bertz CT molecular complexity index is 771. The third-order valence-corrected chi connectivity index (χ3v) is 4.59. The summed E-state index contributed by atoms with van der Waals surface area (Å²) in [6.45, 7) is 3.16. The summed E-state index contributed by atoms with van der Waals surface area (Å²) in [5.41, 5.74) is 1.50. The van der Waals surface area contributed by atoms with Gasteiger partial charge < -0.3 is 19.3 Å². The second kappa shape index (κ2) is 9.07. The molecule has 2 aromatic rings. The van der Waals surface area contributed by atoms with E-state index in [9.17, 15) is 9.59 Å². The van der Waals surface area contributed by atoms with Crippen LogP contribution in [-0.4, -0.2) is 56.7 Å². The van der Waals surface area contributed by atoms with Crippen LogP contribution in [0, 0.1) is 0 Å². The molecule has 1 heterocycles. The van der Waals surface area contributed by atoms with Crippen LogP contribution in [0.15, 0.2) is 54.6 Å². The number of piperazine rings is 1. The molecule has 1 amide bonds. The zero-order valence-electron chi connectivity index (χ0n) is 15.5. The van der Waals surface area contributed by atoms with Gasteiger partial charge in [0, 0.05) is 31.9 Å². The van der Waals surface area contributed by atoms with Crippen molar-refractivity contribution in [2.75, 3.05) is 44.8 Å². The maximum atomic E-state index is 12.4. The van der Waals surface area contributed by atoms with E-state index >= 15 is 0 Å². The molecular formula is C21H24N2O4. The van der Waals surface area contributed by atoms with Crippen molar-refractivity contribution in [2.24, 2.45) is 0 Å². The number of amides is 1. The van der Waals surface area contributed by atoms with Gasteiger partial charge in [-0.05, 0) is 30.3 Å². The Morgan fingerprint density at radius 1 is 0.963 bits per heavy atom. The minimum atomic E-state index is -0.343. The van der Waals surface area contributed by atoms with Crippen molar-refractivity contribution in [1.29, 1.82) is 0 Å². The highest BCUT2D eigenvalue weighted by Crippen LogP contribution is 2.19. The molecule has 1 aliphatic rings. The molecule has 1 aliphatic heterocycles. The Kier molecular flexibility index (Phi) is 6.30. The predicted octanol–water partition coefficient (Wildman–Crippen LogP) is 2.59. The van der Waals surface area contributed by atoms with Crippen LogP contribution in [0.2, 0.25) is 0 Å². The Labute approximate surface area is 159 Å². The molecule has 0 N–H and O–H groups in total. The topological polar surface area (TPSA) is 59.1 Å². The Hall–Kier alpha value is -3.02. The molecule has 6 nitrogen and oxygen atoms in total. The zero-order chi connectivity index (χ0) is 19.1. The number of anilines is 1. The summed E-state index contributed by atoms with van der Waals surface area (Å²) in [7, 11) is 1.38. The first-order chi connectivity index (χ1) is 13.2. The largest absolute Gasteiger partial charge is 0.493 e. The van der Waals surface area contributed by atoms with Gasteiger partial charge in [0.1, 0.15) is 5.75 Å². The van der Waals surface area contributed by atoms with Crippen molar-refractivity contribution < 1.29 is 19.1 Å². The van der Waals surface area contributed by atoms with Crippen molar-refractivity contribution in [3.05, 3.63) is 60.2 Å². The third-order valence-electron chi connectivity index (χ3n) is 4.59. The van der Waals surface area contributed by atoms with Gasteiger partial charge in [-0.3, -0.25) is 4.79 Å². The second-order valence-corrected chi connectivity index (χ2v) is 6.32. The van der Waals surface area contributed by atoms with E-state index in [1.54, 1.807) is 6.07 Å². The van der Waals surface area contributed by atoms with Crippen LogP contribution in [0.5, 0.6) is 5.75 Å². The van der Waals surface area contributed by atoms with E-state index in [0.717, 1.165) is 24.5 Å². The first kappa shape index (κ1) is 18.8. The molecule has 0 spiro atoms. The van der Waals surface area contributed by atoms with Gasteiger partial charge in [-0.1, -0.05) is 24.3 Å². The number of carbonyl (C=O) groups excluding carboxylic acids is 2. The monoisotopic (exact) mass is 368 g/mol. The SMILES string of the molecule is COC(=O)c1cccc(N2CCN(C(=O)CCOc3ccccc3)CC2)c1. The lowest BCUT2D eigenvalue weighted by Gasteiger charge is -2.36. The van der Waals surface area contributed by atoms with E-state index in [0.29, 0.717) is 31.7 Å². The van der Waals surface area contributed by atoms with E-state index in [1.165, 1.54) is 7.11 Å². The number of hydrogen-bond acceptors (Lipinski definition) is 5. The fourth-order valence-electron chi connectivity index (χ4n) is 3.09. The molecule has 3 rings (SSSR count). The van der Waals surface area contributed by atoms with Gasteiger partial charge in [-0.25, -0.2) is 4.79 Å². The van der Waals surface area contributed by atoms with Gasteiger partial charge in [0.05, 0.1) is 25.7 Å². The standard InChI is InChI=1S/C21H24N2O4/c1-26-21(25)17-6-5-7-18(16-17)22-11-13-23(14-12-22)20(24)10-15-27-19-8-3-2-4-9-19/h2-9,16H,10-15H2,1H3. The number of ether oxygens (including phenoxy) is 2. The summed E-state index contributed by atoms with van der Waals surface area (Å²) in [6, 6.07) is 16.9. The minimum Gasteiger partial charge on any atom is -0.493 e. The molecule has 0 atom stereocenters. The fraction of sp³-hybridized carbons (Fsp3) is 0.333. The van der Waals surface area contributed by atoms with Gasteiger partial charge in [0.15, 0.2) is 0 Å². The molecule has 2 aromatic carbocycles. The van der Waals surface area contributed by atoms with Crippen LogP contribution in [-0.2, 0) is 9.53 Å². The molecule has 1 fully saturated rings. The maximum Gasteiger partial charge on any atom is 0.337 e. The van der Waals surface area contributed by atoms with Crippen molar-refractivity contribution in [1.82, 2.24) is 4.90 Å². The van der Waals surface area contributed by atoms with Crippen LogP contribution in [0.25, 0.3) is 0 Å². The molecule has 0 bridgehead atoms. The van der Waals surface area contributed by atoms with Gasteiger partial charge in [0.2, 0.25) is 5.91 Å². The van der Waals surface area contributed by atoms with E-state index in [1.807, 2.05) is 53.4 Å². The number of benzene rings is 2. The lowest BCUT2D eigenvalue weighted by molar-refractivity contribution is -0.132. The van der Waals surface area contributed by atoms with E-state index in [-0.39, 0.29) is 11.9 Å². The molecule has 1 saturated heterocycles. The number of methoxy groups -OCH3 is 1. The highest BCUT2D eigenvalue weighted by atomic mass is 16.5. The minimum absolute atomic E-state index is 0.105. The lowest BCUT2D eigenvalue weighted by Crippen LogP contribution is -2.49. The van der Waals surface area contributed by atoms with Crippen LogP contribution in [0.1, 0.15) is 16.8 Å². The normalized spacial score (nSPS) is 14.0. The van der Waals surface area contributed by atoms with Crippen molar-refractivity contribution in [3.63, 3.8) is 0 Å². The molecular weight excluding hydrogens is 344 g/mol. The quantitative estimate of drug-likeness (QED) is 0.734. The Morgan fingerprint density at radius 3 is 2.41 bits per heavy atom. The van der Waals surface area contributed by atoms with Crippen LogP contribution in [0.3, 0.4) is 0 Å². The number of carbonyl (C=O) groups is 2. The van der Waals surface area contributed by atoms with Crippen molar-refractivity contribution in [3.8, 4) is 5.75 Å². The Balaban J connectivity index is 1.47. The van der Waals surface area contributed by atoms with Crippen molar-refractivity contribution >= 4 is 17.6 Å². The molecule has 27 heavy (non-hydrogen) atoms. The number of rotatable bonds is 6. The summed E-state index contributed by atoms with van der Waals surface area (Å²) in [6.07, 6.45) is 0.368. The van der Waals surface area contributed by atoms with Gasteiger partial charge >= 0.3 is 5.97 Å². The summed E-state index contributed by atoms with van der Waals surface area (Å²) in [5, 5.41) is 0. The third kappa shape index (κ3) is 5.00. The summed E-state index contributed by atoms with van der Waals surface area (Å²) < 4.78 is 10.4. The average Bonchev–Trinajstić information content (AvgIpc) is 2.74. The molecule has 0 unspecified atom stereocenters. The fourth-order valence-corrected chi connectivity index (χ4v) is 3.09. The summed E-state index contributed by atoms with van der Waals surface area (Å²) >= 11 is 0. The maximum absolute atomic E-state index is 12.4. The van der Waals surface area contributed by atoms with Crippen LogP contribution in [0.4, 0.5) is 5.69 Å². The summed E-state index contributed by atoms with van der Waals surface area (Å²) in [5.74, 6) is 0.540. The first-order valence-corrected chi connectivity index (χ1v) is 9.06. The molecule has 6 heteroatoms. The van der Waals surface area contributed by atoms with Crippen LogP contribution < -0.4 is 9.64 Å². The van der Waals surface area contributed by atoms with E-state index in [2.05, 4.69) is 4.90 Å². The first-order valence-electron chi connectivity index (χ1n) is 9.06. The molecule has 0 aromatic heterocycles. The molecule has 0 saturated carbocycles. The lowest BCUT2D eigenvalue weighted by atomic mass is 10.1. The number of esters is 1. The van der Waals surface area contributed by atoms with Crippen molar-refractivity contribution in [2.45, 2.75) is 6.42 Å². The highest BCUT2D eigenvalue weighted by Gasteiger charge is 2.21.